The molecule has 2 heterocycles. The van der Waals surface area contributed by atoms with E-state index >= 15 is 0 Å². The highest BCUT2D eigenvalue weighted by molar-refractivity contribution is 6.07. The topological polar surface area (TPSA) is 62.5 Å². The van der Waals surface area contributed by atoms with E-state index in [0.29, 0.717) is 18.5 Å². The minimum Gasteiger partial charge on any atom is -0.480 e. The number of aliphatic carboxylic acids is 1. The van der Waals surface area contributed by atoms with Crippen LogP contribution in [0.2, 0.25) is 0 Å². The van der Waals surface area contributed by atoms with Crippen LogP contribution in [-0.2, 0) is 11.8 Å². The van der Waals surface area contributed by atoms with Crippen molar-refractivity contribution in [2.24, 2.45) is 7.05 Å². The third kappa shape index (κ3) is 2.28. The second-order valence-electron chi connectivity index (χ2n) is 5.51. The average Bonchev–Trinajstić information content (AvgIpc) is 2.88. The Bertz CT molecular complexity index is 705. The lowest BCUT2D eigenvalue weighted by Crippen LogP contribution is -2.48. The molecule has 0 unspecified atom stereocenters. The Balaban J connectivity index is 2.01. The number of likely N-dealkylation sites (tertiary alicyclic amines) is 1. The number of fused-ring (bicyclic) bond motifs is 1. The second kappa shape index (κ2) is 5.24. The largest absolute Gasteiger partial charge is 0.480 e. The number of carbonyl (C=O) groups is 2. The number of carboxylic acid groups (broad SMARTS) is 1. The van der Waals surface area contributed by atoms with Gasteiger partial charge >= 0.3 is 5.97 Å². The van der Waals surface area contributed by atoms with Crippen LogP contribution in [0.15, 0.2) is 30.5 Å². The van der Waals surface area contributed by atoms with Gasteiger partial charge in [-0.2, -0.15) is 0 Å². The molecule has 3 rings (SSSR count). The van der Waals surface area contributed by atoms with Gasteiger partial charge in [0.25, 0.3) is 5.91 Å². The van der Waals surface area contributed by atoms with Crippen LogP contribution in [0, 0.1) is 0 Å². The monoisotopic (exact) mass is 286 g/mol. The number of nitrogens with zero attached hydrogens (tertiary/aromatic N) is 2. The lowest BCUT2D eigenvalue weighted by molar-refractivity contribution is -0.143. The van der Waals surface area contributed by atoms with Crippen molar-refractivity contribution in [2.75, 3.05) is 6.54 Å². The fraction of sp³-hybridized carbons (Fsp3) is 0.375. The van der Waals surface area contributed by atoms with E-state index < -0.39 is 12.0 Å². The van der Waals surface area contributed by atoms with Crippen LogP contribution in [0.25, 0.3) is 10.9 Å². The number of piperidine rings is 1. The minimum atomic E-state index is -0.914. The van der Waals surface area contributed by atoms with Gasteiger partial charge in [0.2, 0.25) is 0 Å². The summed E-state index contributed by atoms with van der Waals surface area (Å²) in [6, 6.07) is 6.78. The quantitative estimate of drug-likeness (QED) is 0.921. The standard InChI is InChI=1S/C16H18N2O3/c1-17-10-8-11-12(5-4-7-13(11)17)15(19)18-9-3-2-6-14(18)16(20)21/h4-5,7-8,10,14H,2-3,6,9H2,1H3,(H,20,21)/t14-/m0/s1. The molecule has 2 aromatic rings. The molecule has 1 amide bonds. The van der Waals surface area contributed by atoms with Gasteiger partial charge in [0.15, 0.2) is 0 Å². The van der Waals surface area contributed by atoms with E-state index in [9.17, 15) is 14.7 Å². The molecule has 5 heteroatoms. The first-order valence-corrected chi connectivity index (χ1v) is 7.17. The third-order valence-corrected chi connectivity index (χ3v) is 4.21. The normalized spacial score (nSPS) is 18.9. The highest BCUT2D eigenvalue weighted by Gasteiger charge is 2.33. The highest BCUT2D eigenvalue weighted by Crippen LogP contribution is 2.25. The number of carbonyl (C=O) groups excluding carboxylic acids is 1. The van der Waals surface area contributed by atoms with E-state index in [2.05, 4.69) is 0 Å². The van der Waals surface area contributed by atoms with Gasteiger partial charge in [-0.15, -0.1) is 0 Å². The molecular weight excluding hydrogens is 268 g/mol. The van der Waals surface area contributed by atoms with Crippen molar-refractivity contribution in [1.29, 1.82) is 0 Å². The van der Waals surface area contributed by atoms with Crippen LogP contribution in [0.1, 0.15) is 29.6 Å². The summed E-state index contributed by atoms with van der Waals surface area (Å²) in [6.45, 7) is 0.513. The molecule has 1 fully saturated rings. The lowest BCUT2D eigenvalue weighted by atomic mass is 10.00. The summed E-state index contributed by atoms with van der Waals surface area (Å²) < 4.78 is 1.96. The van der Waals surface area contributed by atoms with Crippen LogP contribution < -0.4 is 0 Å². The molecule has 0 bridgehead atoms. The molecule has 110 valence electrons. The zero-order chi connectivity index (χ0) is 15.0. The summed E-state index contributed by atoms with van der Waals surface area (Å²) in [5.74, 6) is -1.10. The number of hydrogen-bond donors (Lipinski definition) is 1. The summed E-state index contributed by atoms with van der Waals surface area (Å²) >= 11 is 0. The van der Waals surface area contributed by atoms with Gasteiger partial charge in [-0.05, 0) is 37.5 Å². The number of benzene rings is 1. The number of hydrogen-bond acceptors (Lipinski definition) is 2. The van der Waals surface area contributed by atoms with Crippen molar-refractivity contribution in [3.8, 4) is 0 Å². The van der Waals surface area contributed by atoms with Gasteiger partial charge in [0.1, 0.15) is 6.04 Å². The lowest BCUT2D eigenvalue weighted by Gasteiger charge is -2.33. The predicted octanol–water partition coefficient (Wildman–Crippen LogP) is 2.26. The fourth-order valence-corrected chi connectivity index (χ4v) is 3.07. The Morgan fingerprint density at radius 3 is 2.81 bits per heavy atom. The van der Waals surface area contributed by atoms with E-state index in [-0.39, 0.29) is 5.91 Å². The number of carboxylic acids is 1. The van der Waals surface area contributed by atoms with Crippen molar-refractivity contribution in [1.82, 2.24) is 9.47 Å². The number of aryl methyl sites for hydroxylation is 1. The molecule has 1 aliphatic heterocycles. The van der Waals surface area contributed by atoms with Gasteiger partial charge in [-0.1, -0.05) is 6.07 Å². The Labute approximate surface area is 122 Å². The molecule has 0 radical (unpaired) electrons. The van der Waals surface area contributed by atoms with Crippen LogP contribution in [0.5, 0.6) is 0 Å². The van der Waals surface area contributed by atoms with E-state index in [1.165, 1.54) is 4.90 Å². The molecule has 0 aliphatic carbocycles. The second-order valence-corrected chi connectivity index (χ2v) is 5.51. The molecule has 1 N–H and O–H groups in total. The minimum absolute atomic E-state index is 0.182. The van der Waals surface area contributed by atoms with Crippen molar-refractivity contribution >= 4 is 22.8 Å². The summed E-state index contributed by atoms with van der Waals surface area (Å²) in [5.41, 5.74) is 1.56. The number of rotatable bonds is 2. The summed E-state index contributed by atoms with van der Waals surface area (Å²) in [4.78, 5) is 25.7. The van der Waals surface area contributed by atoms with Crippen LogP contribution in [-0.4, -0.2) is 39.0 Å². The van der Waals surface area contributed by atoms with E-state index in [1.54, 1.807) is 6.07 Å². The molecule has 5 nitrogen and oxygen atoms in total. The zero-order valence-corrected chi connectivity index (χ0v) is 12.0. The van der Waals surface area contributed by atoms with Crippen LogP contribution >= 0.6 is 0 Å². The maximum atomic E-state index is 12.8. The third-order valence-electron chi connectivity index (χ3n) is 4.21. The summed E-state index contributed by atoms with van der Waals surface area (Å²) in [6.07, 6.45) is 4.16. The molecular formula is C16H18N2O3. The van der Waals surface area contributed by atoms with Gasteiger partial charge in [-0.25, -0.2) is 4.79 Å². The maximum absolute atomic E-state index is 12.8. The van der Waals surface area contributed by atoms with Crippen LogP contribution in [0.3, 0.4) is 0 Å². The molecule has 1 saturated heterocycles. The molecule has 1 atom stereocenters. The van der Waals surface area contributed by atoms with Gasteiger partial charge in [-0.3, -0.25) is 4.79 Å². The first kappa shape index (κ1) is 13.7. The van der Waals surface area contributed by atoms with Gasteiger partial charge < -0.3 is 14.6 Å². The molecule has 1 aromatic carbocycles. The fourth-order valence-electron chi connectivity index (χ4n) is 3.07. The Morgan fingerprint density at radius 1 is 1.24 bits per heavy atom. The molecule has 0 saturated carbocycles. The van der Waals surface area contributed by atoms with Crippen molar-refractivity contribution < 1.29 is 14.7 Å². The summed E-state index contributed by atoms with van der Waals surface area (Å²) in [5, 5.41) is 10.2. The van der Waals surface area contributed by atoms with E-state index in [4.69, 9.17) is 0 Å². The maximum Gasteiger partial charge on any atom is 0.326 e. The Kier molecular flexibility index (Phi) is 3.41. The molecule has 1 aromatic heterocycles. The first-order chi connectivity index (χ1) is 10.1. The molecule has 1 aliphatic rings. The SMILES string of the molecule is Cn1ccc2c(C(=O)N3CCCC[C@H]3C(=O)O)cccc21. The number of amides is 1. The van der Waals surface area contributed by atoms with Crippen molar-refractivity contribution in [3.63, 3.8) is 0 Å². The zero-order valence-electron chi connectivity index (χ0n) is 12.0. The van der Waals surface area contributed by atoms with E-state index in [0.717, 1.165) is 23.7 Å². The summed E-state index contributed by atoms with van der Waals surface area (Å²) in [7, 11) is 1.93. The van der Waals surface area contributed by atoms with Crippen molar-refractivity contribution in [2.45, 2.75) is 25.3 Å². The first-order valence-electron chi connectivity index (χ1n) is 7.17. The smallest absolute Gasteiger partial charge is 0.326 e. The molecule has 0 spiro atoms. The average molecular weight is 286 g/mol. The van der Waals surface area contributed by atoms with E-state index in [1.807, 2.05) is 36.0 Å². The Hall–Kier alpha value is -2.30. The number of aromatic nitrogens is 1. The Morgan fingerprint density at radius 2 is 2.05 bits per heavy atom. The van der Waals surface area contributed by atoms with Gasteiger partial charge in [0, 0.05) is 36.3 Å². The van der Waals surface area contributed by atoms with Crippen LogP contribution in [0.4, 0.5) is 0 Å². The highest BCUT2D eigenvalue weighted by atomic mass is 16.4. The molecule has 21 heavy (non-hydrogen) atoms. The predicted molar refractivity (Wildman–Crippen MR) is 79.2 cm³/mol. The van der Waals surface area contributed by atoms with Gasteiger partial charge in [0.05, 0.1) is 0 Å². The van der Waals surface area contributed by atoms with Crippen molar-refractivity contribution in [3.05, 3.63) is 36.0 Å².